The number of benzene rings is 1. The Hall–Kier alpha value is -1.94. The normalized spacial score (nSPS) is 41.7. The number of ether oxygens (including phenoxy) is 3. The number of alkyl halides is 3. The van der Waals surface area contributed by atoms with Crippen LogP contribution in [0.4, 0.5) is 13.2 Å². The lowest BCUT2D eigenvalue weighted by Crippen LogP contribution is -2.70. The van der Waals surface area contributed by atoms with Crippen LogP contribution >= 0.6 is 0 Å². The number of aromatic nitrogens is 1. The molecule has 6 unspecified atom stereocenters. The van der Waals surface area contributed by atoms with E-state index in [2.05, 4.69) is 18.8 Å². The van der Waals surface area contributed by atoms with Gasteiger partial charge in [-0.3, -0.25) is 4.98 Å². The van der Waals surface area contributed by atoms with Crippen molar-refractivity contribution in [3.63, 3.8) is 0 Å². The van der Waals surface area contributed by atoms with Crippen LogP contribution in [0.2, 0.25) is 0 Å². The van der Waals surface area contributed by atoms with Gasteiger partial charge in [0, 0.05) is 29.8 Å². The van der Waals surface area contributed by atoms with Gasteiger partial charge in [-0.15, -0.1) is 0 Å². The van der Waals surface area contributed by atoms with Crippen LogP contribution in [-0.2, 0) is 25.4 Å². The molecule has 9 heteroatoms. The summed E-state index contributed by atoms with van der Waals surface area (Å²) in [4.78, 5) is 16.1. The van der Waals surface area contributed by atoms with E-state index in [0.29, 0.717) is 23.5 Å². The average molecular weight is 479 g/mol. The van der Waals surface area contributed by atoms with Crippen LogP contribution in [0.15, 0.2) is 30.5 Å². The van der Waals surface area contributed by atoms with Crippen molar-refractivity contribution in [1.82, 2.24) is 4.98 Å². The summed E-state index contributed by atoms with van der Waals surface area (Å²) >= 11 is 0. The largest absolute Gasteiger partial charge is 0.464 e. The molecular weight excluding hydrogens is 451 g/mol. The Balaban J connectivity index is 1.34. The fourth-order valence-corrected chi connectivity index (χ4v) is 6.53. The van der Waals surface area contributed by atoms with E-state index >= 15 is 0 Å². The molecule has 1 spiro atoms. The molecule has 1 aromatic heterocycles. The highest BCUT2D eigenvalue weighted by molar-refractivity contribution is 5.85. The molecule has 0 radical (unpaired) electrons. The third kappa shape index (κ3) is 3.27. The van der Waals surface area contributed by atoms with Gasteiger partial charge in [-0.2, -0.15) is 13.2 Å². The number of rotatable bonds is 2. The Bertz CT molecular complexity index is 1110. The van der Waals surface area contributed by atoms with Crippen molar-refractivity contribution in [3.8, 4) is 5.75 Å². The smallest absolute Gasteiger partial charge is 0.416 e. The van der Waals surface area contributed by atoms with Crippen LogP contribution in [0.5, 0.6) is 5.75 Å². The van der Waals surface area contributed by atoms with Gasteiger partial charge < -0.3 is 14.2 Å². The Morgan fingerprint density at radius 3 is 2.68 bits per heavy atom. The van der Waals surface area contributed by atoms with Gasteiger partial charge in [-0.25, -0.2) is 9.78 Å². The van der Waals surface area contributed by atoms with Gasteiger partial charge in [0.05, 0.1) is 11.1 Å². The molecule has 2 bridgehead atoms. The maximum Gasteiger partial charge on any atom is 0.416 e. The molecule has 184 valence electrons. The lowest BCUT2D eigenvalue weighted by atomic mass is 9.58. The topological polar surface area (TPSA) is 59.0 Å². The van der Waals surface area contributed by atoms with E-state index in [-0.39, 0.29) is 23.3 Å². The van der Waals surface area contributed by atoms with Crippen molar-refractivity contribution in [1.29, 1.82) is 0 Å². The van der Waals surface area contributed by atoms with Crippen LogP contribution in [0.1, 0.15) is 52.0 Å². The number of halogens is 3. The van der Waals surface area contributed by atoms with Crippen molar-refractivity contribution in [2.45, 2.75) is 76.6 Å². The molecule has 0 N–H and O–H groups in total. The fourth-order valence-electron chi connectivity index (χ4n) is 6.53. The van der Waals surface area contributed by atoms with Gasteiger partial charge in [0.1, 0.15) is 5.75 Å². The highest BCUT2D eigenvalue weighted by Crippen LogP contribution is 2.60. The zero-order valence-electron chi connectivity index (χ0n) is 19.3. The minimum absolute atomic E-state index is 0.0569. The van der Waals surface area contributed by atoms with Crippen molar-refractivity contribution < 1.29 is 37.2 Å². The van der Waals surface area contributed by atoms with E-state index in [1.807, 2.05) is 6.92 Å². The van der Waals surface area contributed by atoms with Crippen molar-refractivity contribution >= 4 is 10.9 Å². The van der Waals surface area contributed by atoms with E-state index < -0.39 is 35.7 Å². The Morgan fingerprint density at radius 2 is 1.88 bits per heavy atom. The second kappa shape index (κ2) is 7.53. The monoisotopic (exact) mass is 479 g/mol. The molecule has 1 aromatic carbocycles. The number of hydrogen-bond acceptors (Lipinski definition) is 6. The minimum atomic E-state index is -4.44. The van der Waals surface area contributed by atoms with Crippen LogP contribution in [-0.4, -0.2) is 29.0 Å². The predicted molar refractivity (Wildman–Crippen MR) is 114 cm³/mol. The van der Waals surface area contributed by atoms with E-state index in [1.165, 1.54) is 12.3 Å². The van der Waals surface area contributed by atoms with Gasteiger partial charge in [0.15, 0.2) is 11.9 Å². The maximum absolute atomic E-state index is 13.2. The van der Waals surface area contributed by atoms with Gasteiger partial charge in [0.25, 0.3) is 0 Å². The lowest BCUT2D eigenvalue weighted by molar-refractivity contribution is -0.575. The van der Waals surface area contributed by atoms with Crippen LogP contribution in [0, 0.1) is 23.7 Å². The Labute approximate surface area is 195 Å². The first kappa shape index (κ1) is 22.5. The summed E-state index contributed by atoms with van der Waals surface area (Å²) in [6.07, 6.45) is -0.659. The number of fused-ring (bicyclic) bond motifs is 3. The molecule has 5 fully saturated rings. The molecule has 1 saturated carbocycles. The zero-order valence-corrected chi connectivity index (χ0v) is 19.3. The average Bonchev–Trinajstić information content (AvgIpc) is 3.02. The van der Waals surface area contributed by atoms with Gasteiger partial charge in [-0.1, -0.05) is 13.8 Å². The highest BCUT2D eigenvalue weighted by atomic mass is 19.4. The number of hydrogen-bond donors (Lipinski definition) is 0. The number of nitrogens with zero attached hydrogens (tertiary/aromatic N) is 1. The molecule has 34 heavy (non-hydrogen) atoms. The third-order valence-electron chi connectivity index (χ3n) is 8.37. The molecule has 5 heterocycles. The number of pyridine rings is 1. The first-order valence-electron chi connectivity index (χ1n) is 11.9. The van der Waals surface area contributed by atoms with Crippen LogP contribution in [0.3, 0.4) is 0 Å². The summed E-state index contributed by atoms with van der Waals surface area (Å²) in [6, 6.07) is 5.14. The summed E-state index contributed by atoms with van der Waals surface area (Å²) in [7, 11) is 0. The SMILES string of the molecule is CC1CCC2[C@@H](C)C(Oc3ccnc4cc(C(F)(F)F)ccc34)OC3OC4(C)CCC1[C@]32OO4. The third-order valence-corrected chi connectivity index (χ3v) is 8.37. The standard InChI is InChI=1S/C25H28F3NO5/c1-13-4-7-18-14(2)21(31-22-24(18)17(13)8-10-23(3,32-22)33-34-24)30-20-9-11-29-19-12-15(25(26,27)28)5-6-16(19)20/h5-6,9,11-14,17-18,21-22H,4,7-8,10H2,1-3H3/t13?,14-,17?,18?,21?,22?,23?,24-/m1/s1. The first-order chi connectivity index (χ1) is 16.1. The summed E-state index contributed by atoms with van der Waals surface area (Å²) in [5.41, 5.74) is -1.23. The summed E-state index contributed by atoms with van der Waals surface area (Å²) in [5.74, 6) is 0.260. The first-order valence-corrected chi connectivity index (χ1v) is 11.9. The Kier molecular flexibility index (Phi) is 4.99. The Morgan fingerprint density at radius 1 is 1.06 bits per heavy atom. The highest BCUT2D eigenvalue weighted by Gasteiger charge is 2.69. The van der Waals surface area contributed by atoms with Crippen LogP contribution in [0.25, 0.3) is 10.9 Å². The summed E-state index contributed by atoms with van der Waals surface area (Å²) < 4.78 is 58.6. The fraction of sp³-hybridized carbons (Fsp3) is 0.640. The minimum Gasteiger partial charge on any atom is -0.464 e. The van der Waals surface area contributed by atoms with Gasteiger partial charge in [0.2, 0.25) is 12.1 Å². The zero-order chi connectivity index (χ0) is 23.9. The van der Waals surface area contributed by atoms with E-state index in [4.69, 9.17) is 24.0 Å². The maximum atomic E-state index is 13.2. The lowest BCUT2D eigenvalue weighted by Gasteiger charge is -2.60. The molecule has 1 aliphatic carbocycles. The van der Waals surface area contributed by atoms with Crippen molar-refractivity contribution in [2.75, 3.05) is 0 Å². The van der Waals surface area contributed by atoms with Crippen molar-refractivity contribution in [3.05, 3.63) is 36.0 Å². The summed E-state index contributed by atoms with van der Waals surface area (Å²) in [5, 5.41) is 0.497. The second-order valence-corrected chi connectivity index (χ2v) is 10.4. The molecule has 7 rings (SSSR count). The van der Waals surface area contributed by atoms with E-state index in [0.717, 1.165) is 31.4 Å². The quantitative estimate of drug-likeness (QED) is 0.505. The molecule has 4 saturated heterocycles. The molecule has 6 nitrogen and oxygen atoms in total. The van der Waals surface area contributed by atoms with Crippen LogP contribution < -0.4 is 4.74 Å². The second-order valence-electron chi connectivity index (χ2n) is 10.4. The molecule has 4 aliphatic heterocycles. The van der Waals surface area contributed by atoms with Crippen molar-refractivity contribution in [2.24, 2.45) is 23.7 Å². The predicted octanol–water partition coefficient (Wildman–Crippen LogP) is 5.84. The summed E-state index contributed by atoms with van der Waals surface area (Å²) in [6.45, 7) is 6.19. The molecular formula is C25H28F3NO5. The van der Waals surface area contributed by atoms with Gasteiger partial charge >= 0.3 is 6.18 Å². The van der Waals surface area contributed by atoms with E-state index in [9.17, 15) is 13.2 Å². The van der Waals surface area contributed by atoms with E-state index in [1.54, 1.807) is 6.07 Å². The molecule has 0 amide bonds. The molecule has 8 atom stereocenters. The van der Waals surface area contributed by atoms with Gasteiger partial charge in [-0.05, 0) is 62.3 Å². The molecule has 2 aromatic rings. The molecule has 5 aliphatic rings.